The van der Waals surface area contributed by atoms with E-state index >= 15 is 0 Å². The van der Waals surface area contributed by atoms with Crippen LogP contribution in [0.25, 0.3) is 11.5 Å². The van der Waals surface area contributed by atoms with Gasteiger partial charge in [0.25, 0.3) is 0 Å². The molecule has 0 saturated heterocycles. The van der Waals surface area contributed by atoms with Gasteiger partial charge in [-0.3, -0.25) is 9.78 Å². The minimum atomic E-state index is -4.59. The van der Waals surface area contributed by atoms with Crippen LogP contribution >= 0.6 is 0 Å². The average Bonchev–Trinajstić information content (AvgIpc) is 2.60. The quantitative estimate of drug-likeness (QED) is 0.619. The smallest absolute Gasteiger partial charge is 0.368 e. The minimum absolute atomic E-state index is 0.0684. The predicted octanol–water partition coefficient (Wildman–Crippen LogP) is 2.63. The van der Waals surface area contributed by atoms with Gasteiger partial charge in [0.15, 0.2) is 5.82 Å². The maximum Gasteiger partial charge on any atom is 0.433 e. The lowest BCUT2D eigenvalue weighted by molar-refractivity contribution is -0.141. The van der Waals surface area contributed by atoms with E-state index in [1.165, 1.54) is 13.0 Å². The van der Waals surface area contributed by atoms with Gasteiger partial charge in [-0.05, 0) is 24.3 Å². The molecule has 0 radical (unpaired) electrons. The summed E-state index contributed by atoms with van der Waals surface area (Å²) in [4.78, 5) is 30.6. The van der Waals surface area contributed by atoms with Gasteiger partial charge in [0.2, 0.25) is 17.8 Å². The number of nitrogen functional groups attached to an aromatic ring is 1. The first-order valence-electron chi connectivity index (χ1n) is 7.77. The molecule has 0 bridgehead atoms. The number of amides is 1. The number of carbonyl (C=O) groups excluding carboxylic acids is 1. The van der Waals surface area contributed by atoms with E-state index in [0.29, 0.717) is 0 Å². The van der Waals surface area contributed by atoms with Gasteiger partial charge < -0.3 is 16.4 Å². The summed E-state index contributed by atoms with van der Waals surface area (Å²) in [5.41, 5.74) is 4.97. The summed E-state index contributed by atoms with van der Waals surface area (Å²) < 4.78 is 38.4. The number of hydrogen-bond acceptors (Lipinski definition) is 8. The van der Waals surface area contributed by atoms with E-state index in [9.17, 15) is 18.0 Å². The van der Waals surface area contributed by atoms with Crippen molar-refractivity contribution < 1.29 is 18.0 Å². The number of nitrogens with zero attached hydrogens (tertiary/aromatic N) is 5. The Morgan fingerprint density at radius 1 is 1.11 bits per heavy atom. The Morgan fingerprint density at radius 2 is 1.89 bits per heavy atom. The largest absolute Gasteiger partial charge is 0.433 e. The zero-order valence-corrected chi connectivity index (χ0v) is 14.3. The molecule has 3 aromatic rings. The second-order valence-electron chi connectivity index (χ2n) is 5.48. The highest BCUT2D eigenvalue weighted by atomic mass is 19.4. The van der Waals surface area contributed by atoms with Crippen LogP contribution in [-0.2, 0) is 11.0 Å². The summed E-state index contributed by atoms with van der Waals surface area (Å²) in [7, 11) is 0. The van der Waals surface area contributed by atoms with Crippen LogP contribution in [0.2, 0.25) is 0 Å². The topological polar surface area (TPSA) is 132 Å². The lowest BCUT2D eigenvalue weighted by atomic mass is 10.3. The van der Waals surface area contributed by atoms with Crippen molar-refractivity contribution in [3.05, 3.63) is 42.2 Å². The second kappa shape index (κ2) is 7.42. The van der Waals surface area contributed by atoms with Crippen LogP contribution in [0.15, 0.2) is 36.5 Å². The van der Waals surface area contributed by atoms with E-state index in [-0.39, 0.29) is 40.8 Å². The van der Waals surface area contributed by atoms with Crippen LogP contribution in [0.5, 0.6) is 0 Å². The SMILES string of the molecule is CC(=O)Nc1cccc(-c2nc(N)nc(Nc3ccnc(C(F)(F)F)c3)n2)n1. The molecule has 0 aliphatic carbocycles. The molecule has 28 heavy (non-hydrogen) atoms. The van der Waals surface area contributed by atoms with Gasteiger partial charge in [-0.1, -0.05) is 6.07 Å². The van der Waals surface area contributed by atoms with Crippen molar-refractivity contribution in [1.82, 2.24) is 24.9 Å². The average molecular weight is 390 g/mol. The molecule has 1 amide bonds. The molecule has 3 aromatic heterocycles. The summed E-state index contributed by atoms with van der Waals surface area (Å²) in [6.07, 6.45) is -3.58. The first-order valence-corrected chi connectivity index (χ1v) is 7.77. The third-order valence-corrected chi connectivity index (χ3v) is 3.24. The zero-order chi connectivity index (χ0) is 20.3. The molecule has 0 fully saturated rings. The van der Waals surface area contributed by atoms with E-state index in [4.69, 9.17) is 5.73 Å². The predicted molar refractivity (Wildman–Crippen MR) is 94.3 cm³/mol. The molecule has 4 N–H and O–H groups in total. The molecule has 0 atom stereocenters. The molecule has 0 aliphatic heterocycles. The number of anilines is 4. The monoisotopic (exact) mass is 390 g/mol. The molecule has 12 heteroatoms. The molecule has 0 spiro atoms. The number of rotatable bonds is 4. The van der Waals surface area contributed by atoms with Crippen LogP contribution in [0.4, 0.5) is 36.6 Å². The number of nitrogens with one attached hydrogen (secondary N) is 2. The molecule has 0 saturated carbocycles. The summed E-state index contributed by atoms with van der Waals surface area (Å²) >= 11 is 0. The first kappa shape index (κ1) is 18.9. The van der Waals surface area contributed by atoms with Gasteiger partial charge in [0.05, 0.1) is 0 Å². The molecular weight excluding hydrogens is 377 g/mol. The lowest BCUT2D eigenvalue weighted by Gasteiger charge is -2.10. The van der Waals surface area contributed by atoms with Crippen LogP contribution in [-0.4, -0.2) is 30.8 Å². The van der Waals surface area contributed by atoms with Crippen molar-refractivity contribution in [2.75, 3.05) is 16.4 Å². The molecule has 0 aromatic carbocycles. The Balaban J connectivity index is 1.91. The fraction of sp³-hybridized carbons (Fsp3) is 0.125. The van der Waals surface area contributed by atoms with Crippen molar-refractivity contribution in [3.63, 3.8) is 0 Å². The maximum atomic E-state index is 12.8. The maximum absolute atomic E-state index is 12.8. The number of pyridine rings is 2. The van der Waals surface area contributed by atoms with Gasteiger partial charge in [-0.15, -0.1) is 0 Å². The zero-order valence-electron chi connectivity index (χ0n) is 14.3. The van der Waals surface area contributed by atoms with E-state index in [1.807, 2.05) is 0 Å². The van der Waals surface area contributed by atoms with Gasteiger partial charge in [-0.2, -0.15) is 28.1 Å². The van der Waals surface area contributed by atoms with Crippen molar-refractivity contribution in [2.45, 2.75) is 13.1 Å². The molecule has 3 heterocycles. The fourth-order valence-corrected chi connectivity index (χ4v) is 2.16. The first-order chi connectivity index (χ1) is 13.2. The fourth-order valence-electron chi connectivity index (χ4n) is 2.16. The van der Waals surface area contributed by atoms with Gasteiger partial charge in [0.1, 0.15) is 17.2 Å². The number of aromatic nitrogens is 5. The van der Waals surface area contributed by atoms with Crippen molar-refractivity contribution >= 4 is 29.3 Å². The molecule has 144 valence electrons. The Labute approximate surface area is 156 Å². The van der Waals surface area contributed by atoms with Crippen LogP contribution in [0.1, 0.15) is 12.6 Å². The minimum Gasteiger partial charge on any atom is -0.368 e. The van der Waals surface area contributed by atoms with E-state index in [0.717, 1.165) is 12.3 Å². The number of nitrogens with two attached hydrogens (primary N) is 1. The standard InChI is InChI=1S/C16H13F3N8O/c1-8(28)22-12-4-2-3-10(24-12)13-25-14(20)27-15(26-13)23-9-5-6-21-11(7-9)16(17,18)19/h2-7H,1H3,(H,22,24,28)(H3,20,21,23,25,26,27). The van der Waals surface area contributed by atoms with Crippen molar-refractivity contribution in [1.29, 1.82) is 0 Å². The lowest BCUT2D eigenvalue weighted by Crippen LogP contribution is -2.10. The van der Waals surface area contributed by atoms with Gasteiger partial charge in [0, 0.05) is 18.8 Å². The Bertz CT molecular complexity index is 1020. The number of hydrogen-bond donors (Lipinski definition) is 3. The number of halogens is 3. The van der Waals surface area contributed by atoms with Gasteiger partial charge in [-0.25, -0.2) is 4.98 Å². The van der Waals surface area contributed by atoms with Gasteiger partial charge >= 0.3 is 6.18 Å². The Kier molecular flexibility index (Phi) is 5.02. The van der Waals surface area contributed by atoms with Crippen LogP contribution in [0.3, 0.4) is 0 Å². The van der Waals surface area contributed by atoms with E-state index in [1.54, 1.807) is 18.2 Å². The normalized spacial score (nSPS) is 11.1. The third-order valence-electron chi connectivity index (χ3n) is 3.24. The molecule has 3 rings (SSSR count). The highest BCUT2D eigenvalue weighted by Gasteiger charge is 2.32. The Hall–Kier alpha value is -3.83. The summed E-state index contributed by atoms with van der Waals surface area (Å²) in [6.45, 7) is 1.33. The van der Waals surface area contributed by atoms with E-state index < -0.39 is 11.9 Å². The third kappa shape index (κ3) is 4.66. The Morgan fingerprint density at radius 3 is 2.61 bits per heavy atom. The molecular formula is C16H13F3N8O. The highest BCUT2D eigenvalue weighted by Crippen LogP contribution is 2.29. The summed E-state index contributed by atoms with van der Waals surface area (Å²) in [6, 6.07) is 6.92. The number of carbonyl (C=O) groups is 1. The van der Waals surface area contributed by atoms with Crippen molar-refractivity contribution in [2.24, 2.45) is 0 Å². The summed E-state index contributed by atoms with van der Waals surface area (Å²) in [5.74, 6) is -0.187. The van der Waals surface area contributed by atoms with Crippen LogP contribution < -0.4 is 16.4 Å². The van der Waals surface area contributed by atoms with E-state index in [2.05, 4.69) is 35.6 Å². The summed E-state index contributed by atoms with van der Waals surface area (Å²) in [5, 5.41) is 5.16. The molecule has 0 unspecified atom stereocenters. The van der Waals surface area contributed by atoms with Crippen LogP contribution in [0, 0.1) is 0 Å². The molecule has 0 aliphatic rings. The number of alkyl halides is 3. The highest BCUT2D eigenvalue weighted by molar-refractivity contribution is 5.87. The molecule has 9 nitrogen and oxygen atoms in total. The van der Waals surface area contributed by atoms with Crippen molar-refractivity contribution in [3.8, 4) is 11.5 Å². The second-order valence-corrected chi connectivity index (χ2v) is 5.48.